The van der Waals surface area contributed by atoms with Gasteiger partial charge in [-0.2, -0.15) is 0 Å². The first-order chi connectivity index (χ1) is 12.0. The van der Waals surface area contributed by atoms with E-state index in [2.05, 4.69) is 4.74 Å². The van der Waals surface area contributed by atoms with Gasteiger partial charge in [0.25, 0.3) is 0 Å². The number of benzene rings is 1. The van der Waals surface area contributed by atoms with E-state index in [1.54, 1.807) is 26.0 Å². The number of aryl methyl sites for hydroxylation is 1. The Hall–Kier alpha value is -1.24. The number of sulfone groups is 1. The predicted octanol–water partition coefficient (Wildman–Crippen LogP) is 5.15. The monoisotopic (exact) mass is 392 g/mol. The fourth-order valence-corrected chi connectivity index (χ4v) is 4.81. The van der Waals surface area contributed by atoms with Crippen molar-refractivity contribution in [1.82, 2.24) is 0 Å². The van der Waals surface area contributed by atoms with Crippen molar-refractivity contribution >= 4 is 9.84 Å². The first kappa shape index (κ1) is 21.1. The van der Waals surface area contributed by atoms with Gasteiger partial charge in [0.05, 0.1) is 11.0 Å². The molecular weight excluding hydrogens is 365 g/mol. The number of hydrogen-bond acceptors (Lipinski definition) is 3. The van der Waals surface area contributed by atoms with Gasteiger partial charge in [0.2, 0.25) is 0 Å². The maximum atomic E-state index is 12.2. The van der Waals surface area contributed by atoms with Crippen LogP contribution in [0.1, 0.15) is 51.5 Å². The first-order valence-electron chi connectivity index (χ1n) is 9.11. The maximum absolute atomic E-state index is 12.2. The molecule has 0 aliphatic heterocycles. The van der Waals surface area contributed by atoms with Gasteiger partial charge in [-0.15, -0.1) is 13.2 Å². The lowest BCUT2D eigenvalue weighted by Crippen LogP contribution is -2.26. The molecule has 1 fully saturated rings. The number of hydrogen-bond donors (Lipinski definition) is 0. The second kappa shape index (κ2) is 8.63. The van der Waals surface area contributed by atoms with E-state index in [1.165, 1.54) is 12.1 Å². The van der Waals surface area contributed by atoms with Crippen LogP contribution in [0.3, 0.4) is 0 Å². The van der Waals surface area contributed by atoms with Crippen LogP contribution in [-0.2, 0) is 16.3 Å². The van der Waals surface area contributed by atoms with E-state index in [-0.39, 0.29) is 22.7 Å². The van der Waals surface area contributed by atoms with Crippen LogP contribution in [0.15, 0.2) is 24.3 Å². The van der Waals surface area contributed by atoms with Gasteiger partial charge in [0.15, 0.2) is 9.84 Å². The highest BCUT2D eigenvalue weighted by Gasteiger charge is 2.31. The molecule has 148 valence electrons. The summed E-state index contributed by atoms with van der Waals surface area (Å²) in [6, 6.07) is 6.02. The third kappa shape index (κ3) is 6.82. The minimum Gasteiger partial charge on any atom is -0.406 e. The van der Waals surface area contributed by atoms with E-state index >= 15 is 0 Å². The predicted molar refractivity (Wildman–Crippen MR) is 95.8 cm³/mol. The standard InChI is InChI=1S/C19H27F3O3S/c1-14(2)26(23,24)13-17-7-5-15(6-8-17)3-4-16-9-11-18(12-10-16)25-19(20,21)22/h9-12,14-15,17H,3-8,13H2,1-2H3. The quantitative estimate of drug-likeness (QED) is 0.645. The summed E-state index contributed by atoms with van der Waals surface area (Å²) >= 11 is 0. The second-order valence-corrected chi connectivity index (χ2v) is 10.1. The van der Waals surface area contributed by atoms with Crippen molar-refractivity contribution in [2.75, 3.05) is 5.75 Å². The van der Waals surface area contributed by atoms with Crippen molar-refractivity contribution in [2.24, 2.45) is 11.8 Å². The summed E-state index contributed by atoms with van der Waals surface area (Å²) in [7, 11) is -2.98. The molecule has 1 aliphatic rings. The topological polar surface area (TPSA) is 43.4 Å². The van der Waals surface area contributed by atoms with Crippen molar-refractivity contribution < 1.29 is 26.3 Å². The van der Waals surface area contributed by atoms with Crippen molar-refractivity contribution in [3.8, 4) is 5.75 Å². The summed E-state index contributed by atoms with van der Waals surface area (Å²) in [5, 5.41) is -0.315. The molecule has 1 aromatic rings. The third-order valence-electron chi connectivity index (χ3n) is 5.15. The number of halogens is 3. The van der Waals surface area contributed by atoms with E-state index in [4.69, 9.17) is 0 Å². The fourth-order valence-electron chi connectivity index (χ4n) is 3.44. The number of ether oxygens (including phenoxy) is 1. The first-order valence-corrected chi connectivity index (χ1v) is 10.8. The van der Waals surface area contributed by atoms with Gasteiger partial charge in [-0.1, -0.05) is 25.0 Å². The molecule has 1 aromatic carbocycles. The molecule has 26 heavy (non-hydrogen) atoms. The van der Waals surface area contributed by atoms with Gasteiger partial charge >= 0.3 is 6.36 Å². The summed E-state index contributed by atoms with van der Waals surface area (Å²) in [5.41, 5.74) is 0.990. The van der Waals surface area contributed by atoms with Crippen molar-refractivity contribution in [1.29, 1.82) is 0 Å². The maximum Gasteiger partial charge on any atom is 0.573 e. The Morgan fingerprint density at radius 3 is 2.08 bits per heavy atom. The van der Waals surface area contributed by atoms with Gasteiger partial charge in [-0.05, 0) is 69.1 Å². The lowest BCUT2D eigenvalue weighted by molar-refractivity contribution is -0.274. The summed E-state index contributed by atoms with van der Waals surface area (Å²) in [6.45, 7) is 3.46. The second-order valence-electron chi connectivity index (χ2n) is 7.50. The molecule has 0 spiro atoms. The van der Waals surface area contributed by atoms with E-state index in [0.717, 1.165) is 44.1 Å². The van der Waals surface area contributed by atoms with E-state index in [1.807, 2.05) is 0 Å². The van der Waals surface area contributed by atoms with Crippen LogP contribution >= 0.6 is 0 Å². The Morgan fingerprint density at radius 2 is 1.58 bits per heavy atom. The van der Waals surface area contributed by atoms with Crippen LogP contribution in [0.4, 0.5) is 13.2 Å². The van der Waals surface area contributed by atoms with Crippen LogP contribution in [0.25, 0.3) is 0 Å². The molecule has 0 aromatic heterocycles. The molecule has 1 saturated carbocycles. The Morgan fingerprint density at radius 1 is 1.04 bits per heavy atom. The molecule has 0 unspecified atom stereocenters. The minimum absolute atomic E-state index is 0.201. The SMILES string of the molecule is CC(C)S(=O)(=O)CC1CCC(CCc2ccc(OC(F)(F)F)cc2)CC1. The summed E-state index contributed by atoms with van der Waals surface area (Å²) < 4.78 is 64.4. The Kier molecular flexibility index (Phi) is 6.99. The molecule has 0 radical (unpaired) electrons. The van der Waals surface area contributed by atoms with Crippen molar-refractivity contribution in [3.05, 3.63) is 29.8 Å². The zero-order chi connectivity index (χ0) is 19.4. The molecule has 0 heterocycles. The normalized spacial score (nSPS) is 21.8. The molecular formula is C19H27F3O3S. The highest BCUT2D eigenvalue weighted by atomic mass is 32.2. The van der Waals surface area contributed by atoms with Gasteiger partial charge in [0, 0.05) is 0 Å². The van der Waals surface area contributed by atoms with Crippen LogP contribution in [-0.4, -0.2) is 25.8 Å². The Labute approximate surface area is 153 Å². The molecule has 0 N–H and O–H groups in total. The molecule has 0 bridgehead atoms. The fraction of sp³-hybridized carbons (Fsp3) is 0.684. The van der Waals surface area contributed by atoms with Gasteiger partial charge in [-0.25, -0.2) is 8.42 Å². The van der Waals surface area contributed by atoms with Crippen molar-refractivity contribution in [2.45, 2.75) is 64.0 Å². The van der Waals surface area contributed by atoms with Gasteiger partial charge in [0.1, 0.15) is 5.75 Å². The van der Waals surface area contributed by atoms with E-state index < -0.39 is 16.2 Å². The molecule has 7 heteroatoms. The van der Waals surface area contributed by atoms with Crippen molar-refractivity contribution in [3.63, 3.8) is 0 Å². The smallest absolute Gasteiger partial charge is 0.406 e. The van der Waals surface area contributed by atoms with Crippen LogP contribution < -0.4 is 4.74 Å². The zero-order valence-corrected chi connectivity index (χ0v) is 16.1. The molecule has 0 saturated heterocycles. The van der Waals surface area contributed by atoms with Gasteiger partial charge in [-0.3, -0.25) is 0 Å². The Balaban J connectivity index is 1.75. The summed E-state index contributed by atoms with van der Waals surface area (Å²) in [4.78, 5) is 0. The average molecular weight is 392 g/mol. The number of rotatable bonds is 7. The highest BCUT2D eigenvalue weighted by Crippen LogP contribution is 2.33. The third-order valence-corrected chi connectivity index (χ3v) is 7.52. The Bertz CT molecular complexity index is 658. The van der Waals surface area contributed by atoms with Crippen LogP contribution in [0, 0.1) is 11.8 Å². The number of alkyl halides is 3. The minimum atomic E-state index is -4.66. The molecule has 3 nitrogen and oxygen atoms in total. The lowest BCUT2D eigenvalue weighted by Gasteiger charge is -2.28. The van der Waals surface area contributed by atoms with E-state index in [0.29, 0.717) is 5.92 Å². The highest BCUT2D eigenvalue weighted by molar-refractivity contribution is 7.91. The molecule has 1 aliphatic carbocycles. The van der Waals surface area contributed by atoms with Crippen LogP contribution in [0.5, 0.6) is 5.75 Å². The molecule has 0 amide bonds. The van der Waals surface area contributed by atoms with E-state index in [9.17, 15) is 21.6 Å². The summed E-state index contributed by atoms with van der Waals surface area (Å²) in [6.07, 6.45) is 1.04. The zero-order valence-electron chi connectivity index (χ0n) is 15.3. The lowest BCUT2D eigenvalue weighted by atomic mass is 9.80. The van der Waals surface area contributed by atoms with Crippen LogP contribution in [0.2, 0.25) is 0 Å². The average Bonchev–Trinajstić information content (AvgIpc) is 2.54. The van der Waals surface area contributed by atoms with Gasteiger partial charge < -0.3 is 4.74 Å². The molecule has 2 rings (SSSR count). The molecule has 0 atom stereocenters. The largest absolute Gasteiger partial charge is 0.573 e. The summed E-state index contributed by atoms with van der Waals surface area (Å²) in [5.74, 6) is 0.905.